The highest BCUT2D eigenvalue weighted by molar-refractivity contribution is 5.71. The Balaban J connectivity index is 1.87. The van der Waals surface area contributed by atoms with Crippen molar-refractivity contribution in [1.82, 2.24) is 0 Å². The van der Waals surface area contributed by atoms with Crippen LogP contribution in [-0.4, -0.2) is 36.4 Å². The minimum Gasteiger partial charge on any atom is -0.433 e. The molecular weight excluding hydrogens is 188 g/mol. The second kappa shape index (κ2) is 2.48. The number of ether oxygens (including phenoxy) is 4. The molecule has 0 aromatic carbocycles. The molecule has 4 atom stereocenters. The first kappa shape index (κ1) is 8.64. The minimum absolute atomic E-state index is 0.165. The number of esters is 1. The van der Waals surface area contributed by atoms with Gasteiger partial charge in [0.2, 0.25) is 6.29 Å². The summed E-state index contributed by atoms with van der Waals surface area (Å²) >= 11 is 0. The molecular formula is C9H12O5. The molecule has 3 heterocycles. The first-order chi connectivity index (χ1) is 6.55. The molecule has 78 valence electrons. The van der Waals surface area contributed by atoms with Crippen LogP contribution in [0.25, 0.3) is 0 Å². The summed E-state index contributed by atoms with van der Waals surface area (Å²) in [4.78, 5) is 11.1. The Morgan fingerprint density at radius 2 is 2.00 bits per heavy atom. The lowest BCUT2D eigenvalue weighted by molar-refractivity contribution is -0.248. The largest absolute Gasteiger partial charge is 0.433 e. The molecule has 0 spiro atoms. The van der Waals surface area contributed by atoms with E-state index in [2.05, 4.69) is 0 Å². The van der Waals surface area contributed by atoms with Crippen molar-refractivity contribution in [2.75, 3.05) is 0 Å². The summed E-state index contributed by atoms with van der Waals surface area (Å²) < 4.78 is 21.7. The van der Waals surface area contributed by atoms with Crippen LogP contribution in [0.5, 0.6) is 0 Å². The van der Waals surface area contributed by atoms with E-state index in [1.54, 1.807) is 0 Å². The van der Waals surface area contributed by atoms with Crippen LogP contribution in [0, 0.1) is 0 Å². The molecule has 3 rings (SSSR count). The summed E-state index contributed by atoms with van der Waals surface area (Å²) in [6.07, 6.45) is -0.944. The van der Waals surface area contributed by atoms with Gasteiger partial charge in [0.1, 0.15) is 12.2 Å². The predicted molar refractivity (Wildman–Crippen MR) is 43.2 cm³/mol. The van der Waals surface area contributed by atoms with Crippen molar-refractivity contribution in [2.45, 2.75) is 50.7 Å². The van der Waals surface area contributed by atoms with Crippen LogP contribution < -0.4 is 0 Å². The fraction of sp³-hybridized carbons (Fsp3) is 0.889. The second-order valence-corrected chi connectivity index (χ2v) is 4.30. The van der Waals surface area contributed by atoms with Gasteiger partial charge >= 0.3 is 5.97 Å². The highest BCUT2D eigenvalue weighted by atomic mass is 16.8. The monoisotopic (exact) mass is 200 g/mol. The van der Waals surface area contributed by atoms with E-state index in [9.17, 15) is 4.79 Å². The number of fused-ring (bicyclic) bond motifs is 5. The highest BCUT2D eigenvalue weighted by Gasteiger charge is 2.59. The number of carbonyl (C=O) groups is 1. The fourth-order valence-corrected chi connectivity index (χ4v) is 2.24. The molecule has 0 unspecified atom stereocenters. The lowest BCUT2D eigenvalue weighted by atomic mass is 10.1. The molecule has 0 amide bonds. The quantitative estimate of drug-likeness (QED) is 0.522. The van der Waals surface area contributed by atoms with Crippen LogP contribution in [-0.2, 0) is 23.7 Å². The SMILES string of the molecule is CC1(C)O[C@@H]2[C@H]3OC(=O)C[C@H](O3)[C@@H]2O1. The van der Waals surface area contributed by atoms with E-state index in [0.717, 1.165) is 0 Å². The van der Waals surface area contributed by atoms with Gasteiger partial charge in [-0.15, -0.1) is 0 Å². The third-order valence-electron chi connectivity index (χ3n) is 2.72. The molecule has 3 saturated heterocycles. The van der Waals surface area contributed by atoms with Crippen LogP contribution >= 0.6 is 0 Å². The van der Waals surface area contributed by atoms with Crippen molar-refractivity contribution >= 4 is 5.97 Å². The van der Waals surface area contributed by atoms with Crippen LogP contribution in [0.1, 0.15) is 20.3 Å². The summed E-state index contributed by atoms with van der Waals surface area (Å²) in [5.41, 5.74) is 0. The van der Waals surface area contributed by atoms with Crippen molar-refractivity contribution < 1.29 is 23.7 Å². The van der Waals surface area contributed by atoms with Gasteiger partial charge < -0.3 is 18.9 Å². The molecule has 2 bridgehead atoms. The second-order valence-electron chi connectivity index (χ2n) is 4.30. The van der Waals surface area contributed by atoms with Gasteiger partial charge in [-0.1, -0.05) is 0 Å². The van der Waals surface area contributed by atoms with Gasteiger partial charge in [-0.3, -0.25) is 4.79 Å². The van der Waals surface area contributed by atoms with E-state index >= 15 is 0 Å². The van der Waals surface area contributed by atoms with Gasteiger partial charge in [-0.05, 0) is 13.8 Å². The predicted octanol–water partition coefficient (Wildman–Crippen LogP) is 0.178. The van der Waals surface area contributed by atoms with Crippen LogP contribution in [0.2, 0.25) is 0 Å². The molecule has 3 aliphatic rings. The molecule has 5 heteroatoms. The first-order valence-electron chi connectivity index (χ1n) is 4.76. The standard InChI is InChI=1S/C9H12O5/c1-9(2)13-6-4-3-5(10)12-8(11-4)7(6)14-9/h4,6-8H,3H2,1-2H3/t4-,6-,7-,8+/m0/s1. The summed E-state index contributed by atoms with van der Waals surface area (Å²) in [6.45, 7) is 3.70. The van der Waals surface area contributed by atoms with E-state index < -0.39 is 12.1 Å². The van der Waals surface area contributed by atoms with Gasteiger partial charge in [-0.2, -0.15) is 0 Å². The molecule has 0 N–H and O–H groups in total. The Morgan fingerprint density at radius 3 is 2.79 bits per heavy atom. The van der Waals surface area contributed by atoms with Crippen molar-refractivity contribution in [3.8, 4) is 0 Å². The van der Waals surface area contributed by atoms with Crippen molar-refractivity contribution in [2.24, 2.45) is 0 Å². The van der Waals surface area contributed by atoms with Crippen molar-refractivity contribution in [1.29, 1.82) is 0 Å². The molecule has 0 aromatic heterocycles. The molecule has 3 aliphatic heterocycles. The fourth-order valence-electron chi connectivity index (χ4n) is 2.24. The van der Waals surface area contributed by atoms with Crippen molar-refractivity contribution in [3.63, 3.8) is 0 Å². The molecule has 14 heavy (non-hydrogen) atoms. The van der Waals surface area contributed by atoms with E-state index in [1.807, 2.05) is 13.8 Å². The normalized spacial score (nSPS) is 48.9. The van der Waals surface area contributed by atoms with Gasteiger partial charge in [0.25, 0.3) is 0 Å². The Bertz CT molecular complexity index is 263. The van der Waals surface area contributed by atoms with Crippen LogP contribution in [0.15, 0.2) is 0 Å². The van der Waals surface area contributed by atoms with Crippen LogP contribution in [0.4, 0.5) is 0 Å². The Labute approximate surface area is 81.3 Å². The first-order valence-corrected chi connectivity index (χ1v) is 4.76. The average Bonchev–Trinajstić information content (AvgIpc) is 2.49. The zero-order valence-corrected chi connectivity index (χ0v) is 8.06. The highest BCUT2D eigenvalue weighted by Crippen LogP contribution is 2.42. The molecule has 3 fully saturated rings. The Morgan fingerprint density at radius 1 is 1.29 bits per heavy atom. The third kappa shape index (κ3) is 1.09. The average molecular weight is 200 g/mol. The van der Waals surface area contributed by atoms with Crippen LogP contribution in [0.3, 0.4) is 0 Å². The van der Waals surface area contributed by atoms with E-state index in [0.29, 0.717) is 0 Å². The summed E-state index contributed by atoms with van der Waals surface area (Å²) in [5, 5.41) is 0. The Kier molecular flexibility index (Phi) is 1.53. The molecule has 5 nitrogen and oxygen atoms in total. The molecule has 0 aliphatic carbocycles. The van der Waals surface area contributed by atoms with E-state index in [-0.39, 0.29) is 30.7 Å². The number of rotatable bonds is 0. The molecule has 0 saturated carbocycles. The van der Waals surface area contributed by atoms with Gasteiger partial charge in [0.05, 0.1) is 6.42 Å². The lowest BCUT2D eigenvalue weighted by Gasteiger charge is -2.26. The van der Waals surface area contributed by atoms with Gasteiger partial charge in [0.15, 0.2) is 11.9 Å². The molecule has 0 aromatic rings. The van der Waals surface area contributed by atoms with Crippen molar-refractivity contribution in [3.05, 3.63) is 0 Å². The molecule has 0 radical (unpaired) electrons. The smallest absolute Gasteiger partial charge is 0.310 e. The maximum Gasteiger partial charge on any atom is 0.310 e. The zero-order valence-electron chi connectivity index (χ0n) is 8.06. The maximum atomic E-state index is 11.1. The summed E-state index contributed by atoms with van der Waals surface area (Å²) in [7, 11) is 0. The van der Waals surface area contributed by atoms with E-state index in [1.165, 1.54) is 0 Å². The lowest BCUT2D eigenvalue weighted by Crippen LogP contribution is -2.36. The summed E-state index contributed by atoms with van der Waals surface area (Å²) in [6, 6.07) is 0. The topological polar surface area (TPSA) is 54.0 Å². The third-order valence-corrected chi connectivity index (χ3v) is 2.72. The Hall–Kier alpha value is -0.650. The number of carbonyl (C=O) groups excluding carboxylic acids is 1. The maximum absolute atomic E-state index is 11.1. The zero-order chi connectivity index (χ0) is 9.92. The number of hydrogen-bond donors (Lipinski definition) is 0. The van der Waals surface area contributed by atoms with Gasteiger partial charge in [0, 0.05) is 0 Å². The van der Waals surface area contributed by atoms with Gasteiger partial charge in [-0.25, -0.2) is 0 Å². The van der Waals surface area contributed by atoms with E-state index in [4.69, 9.17) is 18.9 Å². The minimum atomic E-state index is -0.598. The number of hydrogen-bond acceptors (Lipinski definition) is 5. The summed E-state index contributed by atoms with van der Waals surface area (Å²) in [5.74, 6) is -0.829.